The van der Waals surface area contributed by atoms with Crippen LogP contribution >= 0.6 is 0 Å². The van der Waals surface area contributed by atoms with E-state index in [0.717, 1.165) is 24.1 Å². The summed E-state index contributed by atoms with van der Waals surface area (Å²) in [7, 11) is 0. The molecule has 3 atom stereocenters. The monoisotopic (exact) mass is 290 g/mol. The summed E-state index contributed by atoms with van der Waals surface area (Å²) in [5, 5.41) is 6.54. The summed E-state index contributed by atoms with van der Waals surface area (Å²) < 4.78 is 0. The number of benzene rings is 1. The summed E-state index contributed by atoms with van der Waals surface area (Å²) in [6, 6.07) is 8.57. The Morgan fingerprint density at radius 3 is 2.48 bits per heavy atom. The standard InChI is InChI=1S/C18H30N2O/c1-6-13(3)15(5)19-12-16-9-8-10-17(11-16)18(21)20-14(4)7-2/h8-11,13-15,19H,6-7,12H2,1-5H3,(H,20,21)/t13-,14+,15+/m1/s1. The molecule has 0 saturated carbocycles. The van der Waals surface area contributed by atoms with Crippen molar-refractivity contribution in [2.75, 3.05) is 0 Å². The summed E-state index contributed by atoms with van der Waals surface area (Å²) >= 11 is 0. The first-order valence-electron chi connectivity index (χ1n) is 8.11. The van der Waals surface area contributed by atoms with Gasteiger partial charge >= 0.3 is 0 Å². The van der Waals surface area contributed by atoms with E-state index in [1.165, 1.54) is 6.42 Å². The van der Waals surface area contributed by atoms with Crippen LogP contribution in [-0.2, 0) is 6.54 Å². The summed E-state index contributed by atoms with van der Waals surface area (Å²) in [4.78, 5) is 12.1. The first-order valence-corrected chi connectivity index (χ1v) is 8.11. The van der Waals surface area contributed by atoms with E-state index in [1.807, 2.05) is 25.1 Å². The van der Waals surface area contributed by atoms with Gasteiger partial charge in [-0.1, -0.05) is 39.3 Å². The van der Waals surface area contributed by atoms with E-state index in [4.69, 9.17) is 0 Å². The lowest BCUT2D eigenvalue weighted by atomic mass is 10.0. The third kappa shape index (κ3) is 5.88. The van der Waals surface area contributed by atoms with Crippen molar-refractivity contribution in [1.29, 1.82) is 0 Å². The topological polar surface area (TPSA) is 41.1 Å². The average Bonchev–Trinajstić information content (AvgIpc) is 2.51. The molecule has 0 fully saturated rings. The quantitative estimate of drug-likeness (QED) is 0.766. The van der Waals surface area contributed by atoms with Crippen LogP contribution in [0.4, 0.5) is 0 Å². The molecule has 0 saturated heterocycles. The van der Waals surface area contributed by atoms with Gasteiger partial charge in [-0.15, -0.1) is 0 Å². The van der Waals surface area contributed by atoms with E-state index in [2.05, 4.69) is 44.4 Å². The summed E-state index contributed by atoms with van der Waals surface area (Å²) in [6.45, 7) is 11.6. The number of nitrogens with one attached hydrogen (secondary N) is 2. The highest BCUT2D eigenvalue weighted by atomic mass is 16.1. The molecule has 0 spiro atoms. The predicted octanol–water partition coefficient (Wildman–Crippen LogP) is 3.74. The maximum absolute atomic E-state index is 12.1. The van der Waals surface area contributed by atoms with Crippen LogP contribution in [0.25, 0.3) is 0 Å². The molecule has 0 aliphatic carbocycles. The fraction of sp³-hybridized carbons (Fsp3) is 0.611. The molecule has 0 unspecified atom stereocenters. The Hall–Kier alpha value is -1.35. The number of amides is 1. The van der Waals surface area contributed by atoms with Crippen LogP contribution in [0.1, 0.15) is 63.4 Å². The minimum absolute atomic E-state index is 0.0150. The minimum atomic E-state index is 0.0150. The van der Waals surface area contributed by atoms with Crippen molar-refractivity contribution < 1.29 is 4.79 Å². The highest BCUT2D eigenvalue weighted by Crippen LogP contribution is 2.10. The van der Waals surface area contributed by atoms with Crippen molar-refractivity contribution in [3.05, 3.63) is 35.4 Å². The molecule has 2 N–H and O–H groups in total. The zero-order valence-corrected chi connectivity index (χ0v) is 14.1. The van der Waals surface area contributed by atoms with Crippen molar-refractivity contribution in [2.24, 2.45) is 5.92 Å². The molecular weight excluding hydrogens is 260 g/mol. The van der Waals surface area contributed by atoms with Crippen molar-refractivity contribution in [3.63, 3.8) is 0 Å². The van der Waals surface area contributed by atoms with Crippen molar-refractivity contribution in [3.8, 4) is 0 Å². The van der Waals surface area contributed by atoms with E-state index >= 15 is 0 Å². The van der Waals surface area contributed by atoms with Gasteiger partial charge in [0.15, 0.2) is 0 Å². The van der Waals surface area contributed by atoms with Gasteiger partial charge in [-0.2, -0.15) is 0 Å². The smallest absolute Gasteiger partial charge is 0.251 e. The van der Waals surface area contributed by atoms with Crippen LogP contribution in [0.3, 0.4) is 0 Å². The molecule has 0 heterocycles. The third-order valence-electron chi connectivity index (χ3n) is 4.30. The number of carbonyl (C=O) groups excluding carboxylic acids is 1. The lowest BCUT2D eigenvalue weighted by molar-refractivity contribution is 0.0939. The lowest BCUT2D eigenvalue weighted by Crippen LogP contribution is -2.32. The molecule has 0 aliphatic heterocycles. The molecule has 1 aromatic carbocycles. The molecule has 118 valence electrons. The third-order valence-corrected chi connectivity index (χ3v) is 4.30. The van der Waals surface area contributed by atoms with E-state index in [1.54, 1.807) is 0 Å². The van der Waals surface area contributed by atoms with Crippen LogP contribution in [0.15, 0.2) is 24.3 Å². The van der Waals surface area contributed by atoms with Crippen LogP contribution in [0, 0.1) is 5.92 Å². The van der Waals surface area contributed by atoms with Gasteiger partial charge in [0.1, 0.15) is 0 Å². The van der Waals surface area contributed by atoms with Gasteiger partial charge in [-0.25, -0.2) is 0 Å². The van der Waals surface area contributed by atoms with Crippen LogP contribution in [0.5, 0.6) is 0 Å². The highest BCUT2D eigenvalue weighted by molar-refractivity contribution is 5.94. The first-order chi connectivity index (χ1) is 9.97. The fourth-order valence-electron chi connectivity index (χ4n) is 2.07. The molecule has 1 rings (SSSR count). The molecule has 3 heteroatoms. The summed E-state index contributed by atoms with van der Waals surface area (Å²) in [5.41, 5.74) is 1.90. The van der Waals surface area contributed by atoms with E-state index in [0.29, 0.717) is 12.0 Å². The van der Waals surface area contributed by atoms with Crippen LogP contribution < -0.4 is 10.6 Å². The Balaban J connectivity index is 2.62. The number of hydrogen-bond acceptors (Lipinski definition) is 2. The van der Waals surface area contributed by atoms with Gasteiger partial charge in [-0.05, 0) is 43.9 Å². The first kappa shape index (κ1) is 17.7. The second-order valence-electron chi connectivity index (χ2n) is 6.04. The zero-order chi connectivity index (χ0) is 15.8. The van der Waals surface area contributed by atoms with Gasteiger partial charge in [0.05, 0.1) is 0 Å². The minimum Gasteiger partial charge on any atom is -0.350 e. The van der Waals surface area contributed by atoms with E-state index in [9.17, 15) is 4.79 Å². The molecule has 1 amide bonds. The van der Waals surface area contributed by atoms with Crippen molar-refractivity contribution in [1.82, 2.24) is 10.6 Å². The molecule has 3 nitrogen and oxygen atoms in total. The molecular formula is C18H30N2O. The van der Waals surface area contributed by atoms with Gasteiger partial charge in [0.25, 0.3) is 5.91 Å². The Kier molecular flexibility index (Phi) is 7.44. The summed E-state index contributed by atoms with van der Waals surface area (Å²) in [6.07, 6.45) is 2.12. The number of rotatable bonds is 8. The number of carbonyl (C=O) groups is 1. The van der Waals surface area contributed by atoms with Crippen LogP contribution in [-0.4, -0.2) is 18.0 Å². The van der Waals surface area contributed by atoms with Gasteiger partial charge in [-0.3, -0.25) is 4.79 Å². The predicted molar refractivity (Wildman–Crippen MR) is 89.4 cm³/mol. The maximum atomic E-state index is 12.1. The normalized spacial score (nSPS) is 15.3. The van der Waals surface area contributed by atoms with Gasteiger partial charge < -0.3 is 10.6 Å². The van der Waals surface area contributed by atoms with Crippen molar-refractivity contribution in [2.45, 2.75) is 66.1 Å². The molecule has 0 radical (unpaired) electrons. The Bertz CT molecular complexity index is 445. The van der Waals surface area contributed by atoms with Crippen LogP contribution in [0.2, 0.25) is 0 Å². The molecule has 0 bridgehead atoms. The fourth-order valence-corrected chi connectivity index (χ4v) is 2.07. The van der Waals surface area contributed by atoms with E-state index in [-0.39, 0.29) is 11.9 Å². The Morgan fingerprint density at radius 2 is 1.86 bits per heavy atom. The second-order valence-corrected chi connectivity index (χ2v) is 6.04. The largest absolute Gasteiger partial charge is 0.350 e. The molecule has 21 heavy (non-hydrogen) atoms. The van der Waals surface area contributed by atoms with Gasteiger partial charge in [0, 0.05) is 24.2 Å². The molecule has 0 aromatic heterocycles. The zero-order valence-electron chi connectivity index (χ0n) is 14.1. The highest BCUT2D eigenvalue weighted by Gasteiger charge is 2.11. The van der Waals surface area contributed by atoms with E-state index < -0.39 is 0 Å². The Labute approximate surface area is 129 Å². The van der Waals surface area contributed by atoms with Gasteiger partial charge in [0.2, 0.25) is 0 Å². The second kappa shape index (κ2) is 8.83. The maximum Gasteiger partial charge on any atom is 0.251 e. The average molecular weight is 290 g/mol. The molecule has 0 aliphatic rings. The Morgan fingerprint density at radius 1 is 1.14 bits per heavy atom. The lowest BCUT2D eigenvalue weighted by Gasteiger charge is -2.20. The SMILES string of the molecule is CC[C@@H](C)[C@H](C)NCc1cccc(C(=O)N[C@@H](C)CC)c1. The van der Waals surface area contributed by atoms with Crippen molar-refractivity contribution >= 4 is 5.91 Å². The number of hydrogen-bond donors (Lipinski definition) is 2. The summed E-state index contributed by atoms with van der Waals surface area (Å²) in [5.74, 6) is 0.669. The molecule has 1 aromatic rings.